The maximum absolute atomic E-state index is 12.6. The molecule has 0 bridgehead atoms. The van der Waals surface area contributed by atoms with Crippen LogP contribution in [0.3, 0.4) is 0 Å². The van der Waals surface area contributed by atoms with E-state index in [1.165, 1.54) is 24.3 Å². The second kappa shape index (κ2) is 11.7. The maximum Gasteiger partial charge on any atom is 0.323 e. The number of nitrogens with one attached hydrogen (secondary N) is 4. The Morgan fingerprint density at radius 2 is 1.73 bits per heavy atom. The molecule has 1 atom stereocenters. The highest BCUT2D eigenvalue weighted by Gasteiger charge is 2.26. The Morgan fingerprint density at radius 3 is 2.41 bits per heavy atom. The zero-order chi connectivity index (χ0) is 26.3. The van der Waals surface area contributed by atoms with Crippen molar-refractivity contribution in [2.24, 2.45) is 4.99 Å². The van der Waals surface area contributed by atoms with Gasteiger partial charge in [0.2, 0.25) is 10.0 Å². The Hall–Kier alpha value is -4.22. The summed E-state index contributed by atoms with van der Waals surface area (Å²) in [7, 11) is -4.07. The molecule has 3 aromatic rings. The van der Waals surface area contributed by atoms with Gasteiger partial charge in [-0.15, -0.1) is 0 Å². The van der Waals surface area contributed by atoms with Crippen LogP contribution in [0.4, 0.5) is 5.69 Å². The van der Waals surface area contributed by atoms with Crippen LogP contribution < -0.4 is 20.7 Å². The number of anilines is 1. The van der Waals surface area contributed by atoms with Gasteiger partial charge in [0.25, 0.3) is 5.91 Å². The molecule has 1 amide bonds. The second-order valence-electron chi connectivity index (χ2n) is 8.33. The molecule has 0 aromatic heterocycles. The van der Waals surface area contributed by atoms with Crippen molar-refractivity contribution in [1.29, 1.82) is 0 Å². The summed E-state index contributed by atoms with van der Waals surface area (Å²) in [6.07, 6.45) is 1.01. The first-order valence-electron chi connectivity index (χ1n) is 11.7. The summed E-state index contributed by atoms with van der Waals surface area (Å²) in [5.41, 5.74) is 3.02. The molecular formula is C26H27N5O5S. The minimum atomic E-state index is -4.07. The van der Waals surface area contributed by atoms with Gasteiger partial charge < -0.3 is 21.1 Å². The number of benzene rings is 3. The zero-order valence-corrected chi connectivity index (χ0v) is 20.7. The highest BCUT2D eigenvalue weighted by atomic mass is 32.2. The van der Waals surface area contributed by atoms with Gasteiger partial charge in [-0.25, -0.2) is 8.42 Å². The van der Waals surface area contributed by atoms with Gasteiger partial charge in [0, 0.05) is 30.9 Å². The molecular weight excluding hydrogens is 494 g/mol. The number of aliphatic carboxylic acids is 1. The predicted molar refractivity (Wildman–Crippen MR) is 141 cm³/mol. The lowest BCUT2D eigenvalue weighted by Gasteiger charge is -2.16. The van der Waals surface area contributed by atoms with Gasteiger partial charge in [-0.2, -0.15) is 4.72 Å². The molecule has 37 heavy (non-hydrogen) atoms. The van der Waals surface area contributed by atoms with Gasteiger partial charge in [-0.3, -0.25) is 14.6 Å². The molecule has 0 saturated carbocycles. The number of carboxylic acids is 1. The van der Waals surface area contributed by atoms with Crippen LogP contribution in [0.25, 0.3) is 11.1 Å². The molecule has 10 nitrogen and oxygen atoms in total. The van der Waals surface area contributed by atoms with Crippen molar-refractivity contribution >= 4 is 33.5 Å². The van der Waals surface area contributed by atoms with E-state index in [4.69, 9.17) is 0 Å². The van der Waals surface area contributed by atoms with Crippen molar-refractivity contribution in [2.45, 2.75) is 17.4 Å². The molecule has 0 fully saturated rings. The van der Waals surface area contributed by atoms with Crippen LogP contribution in [0.2, 0.25) is 0 Å². The Morgan fingerprint density at radius 1 is 0.973 bits per heavy atom. The highest BCUT2D eigenvalue weighted by Crippen LogP contribution is 2.23. The number of rotatable bonds is 9. The second-order valence-corrected chi connectivity index (χ2v) is 10.0. The van der Waals surface area contributed by atoms with Crippen molar-refractivity contribution < 1.29 is 23.1 Å². The summed E-state index contributed by atoms with van der Waals surface area (Å²) in [6, 6.07) is 20.5. The van der Waals surface area contributed by atoms with Gasteiger partial charge in [0.05, 0.1) is 4.90 Å². The van der Waals surface area contributed by atoms with Crippen molar-refractivity contribution in [3.63, 3.8) is 0 Å². The summed E-state index contributed by atoms with van der Waals surface area (Å²) in [5.74, 6) is -1.19. The van der Waals surface area contributed by atoms with Gasteiger partial charge >= 0.3 is 5.97 Å². The first-order chi connectivity index (χ1) is 17.8. The van der Waals surface area contributed by atoms with Crippen LogP contribution >= 0.6 is 0 Å². The van der Waals surface area contributed by atoms with E-state index in [1.54, 1.807) is 30.3 Å². The molecule has 1 aliphatic heterocycles. The van der Waals surface area contributed by atoms with Crippen LogP contribution in [0.5, 0.6) is 0 Å². The Balaban J connectivity index is 1.38. The van der Waals surface area contributed by atoms with E-state index in [-0.39, 0.29) is 4.90 Å². The summed E-state index contributed by atoms with van der Waals surface area (Å²) in [5, 5.41) is 18.4. The van der Waals surface area contributed by atoms with Gasteiger partial charge in [-0.1, -0.05) is 42.5 Å². The molecule has 0 radical (unpaired) electrons. The number of amides is 1. The summed E-state index contributed by atoms with van der Waals surface area (Å²) in [4.78, 5) is 28.6. The Bertz CT molecular complexity index is 1390. The van der Waals surface area contributed by atoms with E-state index < -0.39 is 34.5 Å². The summed E-state index contributed by atoms with van der Waals surface area (Å²) >= 11 is 0. The first-order valence-corrected chi connectivity index (χ1v) is 13.1. The van der Waals surface area contributed by atoms with Crippen LogP contribution in [0, 0.1) is 0 Å². The minimum Gasteiger partial charge on any atom is -0.480 e. The SMILES string of the molecule is O=C(NC[C@H](NS(=O)(=O)c1ccccc1)C(=O)O)c1ccc(-c2cccc(NC3=NCCCN3)c2)cc1. The third kappa shape index (κ3) is 6.93. The molecule has 192 valence electrons. The molecule has 0 spiro atoms. The van der Waals surface area contributed by atoms with Gasteiger partial charge in [0.1, 0.15) is 6.04 Å². The fraction of sp³-hybridized carbons (Fsp3) is 0.192. The quantitative estimate of drug-likeness (QED) is 0.290. The third-order valence-corrected chi connectivity index (χ3v) is 7.11. The fourth-order valence-corrected chi connectivity index (χ4v) is 4.89. The normalized spacial score (nSPS) is 14.1. The molecule has 11 heteroatoms. The minimum absolute atomic E-state index is 0.0644. The van der Waals surface area contributed by atoms with E-state index in [0.717, 1.165) is 42.3 Å². The number of carboxylic acid groups (broad SMARTS) is 1. The lowest BCUT2D eigenvalue weighted by molar-refractivity contribution is -0.138. The van der Waals surface area contributed by atoms with Crippen LogP contribution in [-0.4, -0.2) is 57.0 Å². The number of carbonyl (C=O) groups is 2. The third-order valence-electron chi connectivity index (χ3n) is 5.62. The highest BCUT2D eigenvalue weighted by molar-refractivity contribution is 7.89. The lowest BCUT2D eigenvalue weighted by Crippen LogP contribution is -2.48. The fourth-order valence-electron chi connectivity index (χ4n) is 3.67. The largest absolute Gasteiger partial charge is 0.480 e. The molecule has 3 aromatic carbocycles. The molecule has 0 saturated heterocycles. The number of nitrogens with zero attached hydrogens (tertiary/aromatic N) is 1. The standard InChI is InChI=1S/C26H27N5O5S/c32-24(29-17-23(25(33)34)31-37(35,36)22-8-2-1-3-9-22)19-12-10-18(11-13-19)20-6-4-7-21(16-20)30-26-27-14-5-15-28-26/h1-4,6-13,16,23,31H,5,14-15,17H2,(H,29,32)(H,33,34)(H2,27,28,30)/t23-/m0/s1. The molecule has 1 aliphatic rings. The number of aliphatic imine (C=N–C) groups is 1. The average molecular weight is 522 g/mol. The maximum atomic E-state index is 12.6. The number of guanidine groups is 1. The number of hydrogen-bond acceptors (Lipinski definition) is 7. The van der Waals surface area contributed by atoms with Crippen LogP contribution in [0.15, 0.2) is 88.8 Å². The van der Waals surface area contributed by atoms with E-state index >= 15 is 0 Å². The monoisotopic (exact) mass is 521 g/mol. The average Bonchev–Trinajstić information content (AvgIpc) is 2.92. The summed E-state index contributed by atoms with van der Waals surface area (Å²) < 4.78 is 27.1. The van der Waals surface area contributed by atoms with E-state index in [1.807, 2.05) is 24.3 Å². The topological polar surface area (TPSA) is 149 Å². The van der Waals surface area contributed by atoms with Gasteiger partial charge in [0.15, 0.2) is 5.96 Å². The van der Waals surface area contributed by atoms with Crippen molar-refractivity contribution in [3.8, 4) is 11.1 Å². The van der Waals surface area contributed by atoms with Crippen molar-refractivity contribution in [3.05, 3.63) is 84.4 Å². The lowest BCUT2D eigenvalue weighted by atomic mass is 10.0. The molecule has 5 N–H and O–H groups in total. The molecule has 4 rings (SSSR count). The van der Waals surface area contributed by atoms with E-state index in [0.29, 0.717) is 5.56 Å². The Labute approximate surface area is 214 Å². The number of carbonyl (C=O) groups excluding carboxylic acids is 1. The first kappa shape index (κ1) is 25.9. The smallest absolute Gasteiger partial charge is 0.323 e. The number of hydrogen-bond donors (Lipinski definition) is 5. The Kier molecular flexibility index (Phi) is 8.16. The zero-order valence-electron chi connectivity index (χ0n) is 19.8. The van der Waals surface area contributed by atoms with Gasteiger partial charge in [-0.05, 0) is 53.9 Å². The van der Waals surface area contributed by atoms with Crippen molar-refractivity contribution in [1.82, 2.24) is 15.4 Å². The van der Waals surface area contributed by atoms with Crippen LogP contribution in [0.1, 0.15) is 16.8 Å². The van der Waals surface area contributed by atoms with E-state index in [2.05, 4.69) is 25.7 Å². The molecule has 0 unspecified atom stereocenters. The van der Waals surface area contributed by atoms with Crippen molar-refractivity contribution in [2.75, 3.05) is 25.0 Å². The summed E-state index contributed by atoms with van der Waals surface area (Å²) in [6.45, 7) is 1.24. The van der Waals surface area contributed by atoms with E-state index in [9.17, 15) is 23.1 Å². The predicted octanol–water partition coefficient (Wildman–Crippen LogP) is 2.28. The number of sulfonamides is 1. The van der Waals surface area contributed by atoms with Crippen LogP contribution in [-0.2, 0) is 14.8 Å². The molecule has 0 aliphatic carbocycles. The molecule has 1 heterocycles.